The van der Waals surface area contributed by atoms with Crippen molar-refractivity contribution in [1.29, 1.82) is 0 Å². The molecule has 0 amide bonds. The van der Waals surface area contributed by atoms with Crippen LogP contribution in [0.1, 0.15) is 39.2 Å². The van der Waals surface area contributed by atoms with Crippen LogP contribution < -0.4 is 10.6 Å². The fourth-order valence-corrected chi connectivity index (χ4v) is 1.73. The highest BCUT2D eigenvalue weighted by atomic mass is 16.5. The Bertz CT molecular complexity index is 368. The predicted octanol–water partition coefficient (Wildman–Crippen LogP) is 2.83. The van der Waals surface area contributed by atoms with E-state index in [4.69, 9.17) is 4.74 Å². The number of rotatable bonds is 9. The SMILES string of the molecule is CCNc1ncnc(NCCCCOC(C)C)c1C. The van der Waals surface area contributed by atoms with Gasteiger partial charge < -0.3 is 15.4 Å². The molecular weight excluding hydrogens is 240 g/mol. The monoisotopic (exact) mass is 266 g/mol. The van der Waals surface area contributed by atoms with Crippen molar-refractivity contribution in [2.24, 2.45) is 0 Å². The molecule has 5 nitrogen and oxygen atoms in total. The molecule has 0 bridgehead atoms. The van der Waals surface area contributed by atoms with Crippen LogP contribution >= 0.6 is 0 Å². The minimum Gasteiger partial charge on any atom is -0.379 e. The zero-order valence-electron chi connectivity index (χ0n) is 12.5. The number of ether oxygens (including phenoxy) is 1. The first kappa shape index (κ1) is 15.7. The molecule has 0 saturated heterocycles. The lowest BCUT2D eigenvalue weighted by Crippen LogP contribution is -2.10. The fraction of sp³-hybridized carbons (Fsp3) is 0.714. The van der Waals surface area contributed by atoms with E-state index in [1.54, 1.807) is 6.33 Å². The molecule has 0 radical (unpaired) electrons. The maximum Gasteiger partial charge on any atom is 0.134 e. The molecule has 0 aliphatic heterocycles. The van der Waals surface area contributed by atoms with E-state index in [0.29, 0.717) is 6.10 Å². The van der Waals surface area contributed by atoms with Crippen molar-refractivity contribution in [3.05, 3.63) is 11.9 Å². The van der Waals surface area contributed by atoms with Gasteiger partial charge in [-0.25, -0.2) is 9.97 Å². The van der Waals surface area contributed by atoms with Gasteiger partial charge in [-0.1, -0.05) is 0 Å². The second kappa shape index (κ2) is 8.69. The number of aromatic nitrogens is 2. The van der Waals surface area contributed by atoms with Gasteiger partial charge in [0.1, 0.15) is 18.0 Å². The summed E-state index contributed by atoms with van der Waals surface area (Å²) in [4.78, 5) is 8.50. The Kier molecular flexibility index (Phi) is 7.18. The highest BCUT2D eigenvalue weighted by Crippen LogP contribution is 2.17. The van der Waals surface area contributed by atoms with Gasteiger partial charge in [0.05, 0.1) is 6.10 Å². The summed E-state index contributed by atoms with van der Waals surface area (Å²) < 4.78 is 5.51. The normalized spacial score (nSPS) is 10.8. The third-order valence-electron chi connectivity index (χ3n) is 2.74. The molecule has 1 aromatic rings. The van der Waals surface area contributed by atoms with Crippen molar-refractivity contribution >= 4 is 11.6 Å². The number of nitrogens with zero attached hydrogens (tertiary/aromatic N) is 2. The zero-order valence-corrected chi connectivity index (χ0v) is 12.5. The van der Waals surface area contributed by atoms with Gasteiger partial charge in [-0.2, -0.15) is 0 Å². The van der Waals surface area contributed by atoms with Crippen LogP contribution in [0.15, 0.2) is 6.33 Å². The maximum absolute atomic E-state index is 5.51. The standard InChI is InChI=1S/C14H26N4O/c1-5-15-13-12(4)14(18-10-17-13)16-8-6-7-9-19-11(2)3/h10-11H,5-9H2,1-4H3,(H2,15,16,17,18). The van der Waals surface area contributed by atoms with E-state index in [1.807, 2.05) is 6.92 Å². The summed E-state index contributed by atoms with van der Waals surface area (Å²) in [5.41, 5.74) is 1.07. The van der Waals surface area contributed by atoms with Crippen molar-refractivity contribution < 1.29 is 4.74 Å². The van der Waals surface area contributed by atoms with Gasteiger partial charge in [0, 0.05) is 25.3 Å². The molecular formula is C14H26N4O. The van der Waals surface area contributed by atoms with Crippen molar-refractivity contribution in [3.8, 4) is 0 Å². The summed E-state index contributed by atoms with van der Waals surface area (Å²) in [5.74, 6) is 1.82. The van der Waals surface area contributed by atoms with Gasteiger partial charge in [-0.15, -0.1) is 0 Å². The first-order chi connectivity index (χ1) is 9.15. The molecule has 0 unspecified atom stereocenters. The summed E-state index contributed by atoms with van der Waals surface area (Å²) in [5, 5.41) is 6.58. The second-order valence-corrected chi connectivity index (χ2v) is 4.78. The van der Waals surface area contributed by atoms with E-state index in [1.165, 1.54) is 0 Å². The van der Waals surface area contributed by atoms with Gasteiger partial charge in [0.2, 0.25) is 0 Å². The Labute approximate surface area is 116 Å². The quantitative estimate of drug-likeness (QED) is 0.673. The van der Waals surface area contributed by atoms with Crippen molar-refractivity contribution in [3.63, 3.8) is 0 Å². The summed E-state index contributed by atoms with van der Waals surface area (Å²) in [6.45, 7) is 10.8. The molecule has 0 aliphatic carbocycles. The molecule has 0 atom stereocenters. The molecule has 1 aromatic heterocycles. The lowest BCUT2D eigenvalue weighted by Gasteiger charge is -2.12. The molecule has 0 spiro atoms. The number of anilines is 2. The molecule has 1 rings (SSSR count). The van der Waals surface area contributed by atoms with Crippen LogP contribution in [0.2, 0.25) is 0 Å². The summed E-state index contributed by atoms with van der Waals surface area (Å²) >= 11 is 0. The molecule has 0 saturated carbocycles. The minimum atomic E-state index is 0.319. The number of hydrogen-bond donors (Lipinski definition) is 2. The highest BCUT2D eigenvalue weighted by Gasteiger charge is 2.05. The van der Waals surface area contributed by atoms with E-state index in [-0.39, 0.29) is 0 Å². The lowest BCUT2D eigenvalue weighted by atomic mass is 10.3. The van der Waals surface area contributed by atoms with E-state index in [0.717, 1.165) is 49.7 Å². The van der Waals surface area contributed by atoms with E-state index in [2.05, 4.69) is 41.4 Å². The first-order valence-electron chi connectivity index (χ1n) is 7.06. The predicted molar refractivity (Wildman–Crippen MR) is 79.7 cm³/mol. The zero-order chi connectivity index (χ0) is 14.1. The molecule has 0 fully saturated rings. The third kappa shape index (κ3) is 5.87. The second-order valence-electron chi connectivity index (χ2n) is 4.78. The number of hydrogen-bond acceptors (Lipinski definition) is 5. The van der Waals surface area contributed by atoms with Crippen molar-refractivity contribution in [2.45, 2.75) is 46.6 Å². The third-order valence-corrected chi connectivity index (χ3v) is 2.74. The van der Waals surface area contributed by atoms with Crippen LogP contribution in [0.5, 0.6) is 0 Å². The van der Waals surface area contributed by atoms with Crippen LogP contribution in [0, 0.1) is 6.92 Å². The van der Waals surface area contributed by atoms with Crippen LogP contribution in [0.25, 0.3) is 0 Å². The molecule has 0 aromatic carbocycles. The van der Waals surface area contributed by atoms with Gasteiger partial charge >= 0.3 is 0 Å². The average molecular weight is 266 g/mol. The number of nitrogens with one attached hydrogen (secondary N) is 2. The first-order valence-corrected chi connectivity index (χ1v) is 7.06. The molecule has 5 heteroatoms. The smallest absolute Gasteiger partial charge is 0.134 e. The topological polar surface area (TPSA) is 59.1 Å². The number of unbranched alkanes of at least 4 members (excludes halogenated alkanes) is 1. The van der Waals surface area contributed by atoms with E-state index >= 15 is 0 Å². The van der Waals surface area contributed by atoms with E-state index in [9.17, 15) is 0 Å². The van der Waals surface area contributed by atoms with Crippen molar-refractivity contribution in [2.75, 3.05) is 30.3 Å². The lowest BCUT2D eigenvalue weighted by molar-refractivity contribution is 0.0765. The van der Waals surface area contributed by atoms with Crippen LogP contribution in [0.3, 0.4) is 0 Å². The van der Waals surface area contributed by atoms with Crippen molar-refractivity contribution in [1.82, 2.24) is 9.97 Å². The molecule has 108 valence electrons. The Morgan fingerprint density at radius 3 is 2.47 bits per heavy atom. The van der Waals surface area contributed by atoms with Crippen LogP contribution in [-0.4, -0.2) is 35.8 Å². The minimum absolute atomic E-state index is 0.319. The fourth-order valence-electron chi connectivity index (χ4n) is 1.73. The van der Waals surface area contributed by atoms with Crippen LogP contribution in [-0.2, 0) is 4.74 Å². The Morgan fingerprint density at radius 2 is 1.84 bits per heavy atom. The Balaban J connectivity index is 2.31. The average Bonchev–Trinajstić information content (AvgIpc) is 2.37. The van der Waals surface area contributed by atoms with Gasteiger partial charge in [0.25, 0.3) is 0 Å². The summed E-state index contributed by atoms with van der Waals surface area (Å²) in [6, 6.07) is 0. The maximum atomic E-state index is 5.51. The van der Waals surface area contributed by atoms with Gasteiger partial charge in [-0.3, -0.25) is 0 Å². The molecule has 19 heavy (non-hydrogen) atoms. The molecule has 0 aliphatic rings. The Morgan fingerprint density at radius 1 is 1.16 bits per heavy atom. The molecule has 2 N–H and O–H groups in total. The largest absolute Gasteiger partial charge is 0.379 e. The summed E-state index contributed by atoms with van der Waals surface area (Å²) in [7, 11) is 0. The summed E-state index contributed by atoms with van der Waals surface area (Å²) in [6.07, 6.45) is 4.05. The van der Waals surface area contributed by atoms with Crippen LogP contribution in [0.4, 0.5) is 11.6 Å². The highest BCUT2D eigenvalue weighted by molar-refractivity contribution is 5.56. The van der Waals surface area contributed by atoms with Gasteiger partial charge in [0.15, 0.2) is 0 Å². The molecule has 1 heterocycles. The van der Waals surface area contributed by atoms with E-state index < -0.39 is 0 Å². The van der Waals surface area contributed by atoms with Gasteiger partial charge in [-0.05, 0) is 40.5 Å². The Hall–Kier alpha value is -1.36.